The smallest absolute Gasteiger partial charge is 0.302 e. The maximum Gasteiger partial charge on any atom is 0.302 e. The van der Waals surface area contributed by atoms with Gasteiger partial charge in [-0.05, 0) is 68.3 Å². The van der Waals surface area contributed by atoms with Crippen molar-refractivity contribution in [1.82, 2.24) is 0 Å². The van der Waals surface area contributed by atoms with E-state index in [1.807, 2.05) is 6.08 Å². The molecule has 0 amide bonds. The third-order valence-electron chi connectivity index (χ3n) is 7.32. The van der Waals surface area contributed by atoms with E-state index in [9.17, 15) is 9.59 Å². The fourth-order valence-electron chi connectivity index (χ4n) is 6.04. The number of rotatable bonds is 2. The average molecular weight is 328 g/mol. The second kappa shape index (κ2) is 5.86. The molecule has 2 saturated carbocycles. The Kier molecular flexibility index (Phi) is 3.93. The first-order valence-electron chi connectivity index (χ1n) is 9.58. The van der Waals surface area contributed by atoms with Crippen LogP contribution < -0.4 is 0 Å². The molecule has 3 nitrogen and oxygen atoms in total. The van der Waals surface area contributed by atoms with Crippen LogP contribution >= 0.6 is 0 Å². The molecule has 24 heavy (non-hydrogen) atoms. The van der Waals surface area contributed by atoms with Crippen molar-refractivity contribution in [2.45, 2.75) is 65.2 Å². The van der Waals surface area contributed by atoms with Gasteiger partial charge in [0.1, 0.15) is 0 Å². The standard InChI is InChI=1S/C21H28O3/c1-13(22)24-12-15-4-8-20-19-6-3-14-11-16(23)5-7-17(14)18(19)9-10-21(15,20)2/h11,15,17-18H,3-10,12H2,1-2H3/t15-,17+,18-,21-/m1/s1. The molecular weight excluding hydrogens is 300 g/mol. The highest BCUT2D eigenvalue weighted by atomic mass is 16.5. The molecule has 130 valence electrons. The Balaban J connectivity index is 1.61. The van der Waals surface area contributed by atoms with Crippen LogP contribution in [0.4, 0.5) is 0 Å². The Morgan fingerprint density at radius 1 is 1.17 bits per heavy atom. The van der Waals surface area contributed by atoms with Crippen LogP contribution in [0.3, 0.4) is 0 Å². The second-order valence-electron chi connectivity index (χ2n) is 8.44. The quantitative estimate of drug-likeness (QED) is 0.558. The van der Waals surface area contributed by atoms with Gasteiger partial charge in [0.05, 0.1) is 6.61 Å². The average Bonchev–Trinajstić information content (AvgIpc) is 2.89. The van der Waals surface area contributed by atoms with Crippen molar-refractivity contribution in [1.29, 1.82) is 0 Å². The van der Waals surface area contributed by atoms with Gasteiger partial charge in [0.25, 0.3) is 0 Å². The SMILES string of the molecule is CC(=O)OC[C@H]1CCC2=C3CCC4=CC(=O)CC[C@@H]4[C@H]3CC[C@@]21C. The highest BCUT2D eigenvalue weighted by molar-refractivity contribution is 5.91. The fraction of sp³-hybridized carbons (Fsp3) is 0.714. The predicted molar refractivity (Wildman–Crippen MR) is 92.3 cm³/mol. The number of carbonyl (C=O) groups excluding carboxylic acids is 2. The molecule has 0 unspecified atom stereocenters. The number of hydrogen-bond acceptors (Lipinski definition) is 3. The van der Waals surface area contributed by atoms with Crippen molar-refractivity contribution in [2.24, 2.45) is 23.2 Å². The first kappa shape index (κ1) is 16.1. The molecule has 4 aliphatic rings. The molecular formula is C21H28O3. The van der Waals surface area contributed by atoms with Gasteiger partial charge in [-0.1, -0.05) is 23.6 Å². The lowest BCUT2D eigenvalue weighted by molar-refractivity contribution is -0.143. The van der Waals surface area contributed by atoms with Crippen LogP contribution in [0.5, 0.6) is 0 Å². The molecule has 0 bridgehead atoms. The molecule has 0 radical (unpaired) electrons. The van der Waals surface area contributed by atoms with E-state index in [1.54, 1.807) is 11.1 Å². The van der Waals surface area contributed by atoms with Crippen molar-refractivity contribution >= 4 is 11.8 Å². The number of ether oxygens (including phenoxy) is 1. The van der Waals surface area contributed by atoms with Crippen molar-refractivity contribution < 1.29 is 14.3 Å². The zero-order valence-corrected chi connectivity index (χ0v) is 14.9. The molecule has 0 aromatic heterocycles. The molecule has 4 rings (SSSR count). The Bertz CT molecular complexity index is 641. The van der Waals surface area contributed by atoms with Crippen LogP contribution in [0, 0.1) is 23.2 Å². The van der Waals surface area contributed by atoms with E-state index in [-0.39, 0.29) is 11.4 Å². The maximum atomic E-state index is 11.8. The van der Waals surface area contributed by atoms with Crippen LogP contribution in [-0.4, -0.2) is 18.4 Å². The summed E-state index contributed by atoms with van der Waals surface area (Å²) in [6.45, 7) is 4.49. The normalized spacial score (nSPS) is 38.2. The molecule has 0 heterocycles. The summed E-state index contributed by atoms with van der Waals surface area (Å²) in [5.74, 6) is 1.95. The van der Waals surface area contributed by atoms with E-state index in [1.165, 1.54) is 31.8 Å². The molecule has 0 saturated heterocycles. The van der Waals surface area contributed by atoms with Gasteiger partial charge in [-0.2, -0.15) is 0 Å². The predicted octanol–water partition coefficient (Wildman–Crippen LogP) is 4.37. The largest absolute Gasteiger partial charge is 0.466 e. The monoisotopic (exact) mass is 328 g/mol. The first-order chi connectivity index (χ1) is 11.5. The summed E-state index contributed by atoms with van der Waals surface area (Å²) in [5, 5.41) is 0. The number of hydrogen-bond donors (Lipinski definition) is 0. The van der Waals surface area contributed by atoms with Gasteiger partial charge in [0, 0.05) is 19.3 Å². The number of fused-ring (bicyclic) bond motifs is 4. The van der Waals surface area contributed by atoms with E-state index < -0.39 is 0 Å². The van der Waals surface area contributed by atoms with Crippen molar-refractivity contribution in [3.05, 3.63) is 22.8 Å². The summed E-state index contributed by atoms with van der Waals surface area (Å²) >= 11 is 0. The Morgan fingerprint density at radius 2 is 2.00 bits per heavy atom. The van der Waals surface area contributed by atoms with Gasteiger partial charge in [-0.15, -0.1) is 0 Å². The van der Waals surface area contributed by atoms with Crippen molar-refractivity contribution in [2.75, 3.05) is 6.61 Å². The Labute approximate surface area is 144 Å². The summed E-state index contributed by atoms with van der Waals surface area (Å²) in [6.07, 6.45) is 10.8. The summed E-state index contributed by atoms with van der Waals surface area (Å²) in [4.78, 5) is 23.0. The molecule has 4 atom stereocenters. The summed E-state index contributed by atoms with van der Waals surface area (Å²) in [5.41, 5.74) is 5.06. The van der Waals surface area contributed by atoms with Gasteiger partial charge in [-0.25, -0.2) is 0 Å². The minimum Gasteiger partial charge on any atom is -0.466 e. The Hall–Kier alpha value is -1.38. The lowest BCUT2D eigenvalue weighted by Crippen LogP contribution is -2.37. The van der Waals surface area contributed by atoms with E-state index in [4.69, 9.17) is 4.74 Å². The molecule has 0 aliphatic heterocycles. The van der Waals surface area contributed by atoms with Crippen molar-refractivity contribution in [3.8, 4) is 0 Å². The molecule has 2 fully saturated rings. The van der Waals surface area contributed by atoms with Crippen LogP contribution in [0.1, 0.15) is 65.2 Å². The van der Waals surface area contributed by atoms with Gasteiger partial charge >= 0.3 is 5.97 Å². The molecule has 0 N–H and O–H groups in total. The molecule has 0 aromatic rings. The van der Waals surface area contributed by atoms with E-state index >= 15 is 0 Å². The van der Waals surface area contributed by atoms with E-state index in [2.05, 4.69) is 6.92 Å². The Morgan fingerprint density at radius 3 is 2.79 bits per heavy atom. The highest BCUT2D eigenvalue weighted by Gasteiger charge is 2.50. The lowest BCUT2D eigenvalue weighted by Gasteiger charge is -2.47. The van der Waals surface area contributed by atoms with Crippen LogP contribution in [0.2, 0.25) is 0 Å². The second-order valence-corrected chi connectivity index (χ2v) is 8.44. The van der Waals surface area contributed by atoms with Crippen LogP contribution in [0.15, 0.2) is 22.8 Å². The topological polar surface area (TPSA) is 43.4 Å². The minimum absolute atomic E-state index is 0.160. The van der Waals surface area contributed by atoms with Gasteiger partial charge in [-0.3, -0.25) is 9.59 Å². The number of esters is 1. The highest BCUT2D eigenvalue weighted by Crippen LogP contribution is 2.60. The molecule has 0 aromatic carbocycles. The molecule has 3 heteroatoms. The van der Waals surface area contributed by atoms with Crippen molar-refractivity contribution in [3.63, 3.8) is 0 Å². The number of carbonyl (C=O) groups is 2. The lowest BCUT2D eigenvalue weighted by atomic mass is 9.58. The van der Waals surface area contributed by atoms with Gasteiger partial charge in [0.2, 0.25) is 0 Å². The van der Waals surface area contributed by atoms with Crippen LogP contribution in [0.25, 0.3) is 0 Å². The van der Waals surface area contributed by atoms with Gasteiger partial charge in [0.15, 0.2) is 5.78 Å². The molecule has 4 aliphatic carbocycles. The van der Waals surface area contributed by atoms with Crippen LogP contribution in [-0.2, 0) is 14.3 Å². The van der Waals surface area contributed by atoms with E-state index in [0.717, 1.165) is 32.1 Å². The zero-order valence-electron chi connectivity index (χ0n) is 14.9. The third kappa shape index (κ3) is 2.48. The van der Waals surface area contributed by atoms with E-state index in [0.29, 0.717) is 30.1 Å². The summed E-state index contributed by atoms with van der Waals surface area (Å²) in [7, 11) is 0. The summed E-state index contributed by atoms with van der Waals surface area (Å²) in [6, 6.07) is 0. The number of allylic oxidation sites excluding steroid dienone is 4. The maximum absolute atomic E-state index is 11.8. The summed E-state index contributed by atoms with van der Waals surface area (Å²) < 4.78 is 5.37. The minimum atomic E-state index is -0.160. The molecule has 0 spiro atoms. The fourth-order valence-corrected chi connectivity index (χ4v) is 6.04. The third-order valence-corrected chi connectivity index (χ3v) is 7.32. The zero-order chi connectivity index (χ0) is 16.9. The van der Waals surface area contributed by atoms with Gasteiger partial charge < -0.3 is 4.74 Å². The first-order valence-corrected chi connectivity index (χ1v) is 9.58. The number of ketones is 1.